The lowest BCUT2D eigenvalue weighted by Crippen LogP contribution is -2.40. The number of carbonyl (C=O) groups is 1. The van der Waals surface area contributed by atoms with Crippen molar-refractivity contribution in [3.8, 4) is 0 Å². The van der Waals surface area contributed by atoms with Crippen LogP contribution in [0.1, 0.15) is 29.5 Å². The lowest BCUT2D eigenvalue weighted by Gasteiger charge is -2.32. The van der Waals surface area contributed by atoms with Gasteiger partial charge < -0.3 is 9.47 Å². The van der Waals surface area contributed by atoms with Crippen LogP contribution in [0.5, 0.6) is 0 Å². The highest BCUT2D eigenvalue weighted by Gasteiger charge is 2.23. The van der Waals surface area contributed by atoms with Gasteiger partial charge in [-0.05, 0) is 73.6 Å². The number of hydrogen-bond acceptors (Lipinski definition) is 2. The van der Waals surface area contributed by atoms with Gasteiger partial charge in [0.25, 0.3) is 0 Å². The third kappa shape index (κ3) is 3.93. The molecule has 0 aliphatic carbocycles. The van der Waals surface area contributed by atoms with Gasteiger partial charge in [-0.25, -0.2) is 9.37 Å². The second-order valence-corrected chi connectivity index (χ2v) is 7.95. The molecule has 28 heavy (non-hydrogen) atoms. The number of carbonyl (C=O) groups excluding carboxylic acids is 1. The van der Waals surface area contributed by atoms with Crippen molar-refractivity contribution in [3.05, 3.63) is 65.2 Å². The average molecular weight is 379 g/mol. The van der Waals surface area contributed by atoms with Crippen molar-refractivity contribution in [2.45, 2.75) is 39.7 Å². The number of aryl methyl sites for hydroxylation is 2. The van der Waals surface area contributed by atoms with Crippen molar-refractivity contribution in [2.75, 3.05) is 13.1 Å². The summed E-state index contributed by atoms with van der Waals surface area (Å²) in [4.78, 5) is 19.0. The van der Waals surface area contributed by atoms with E-state index in [0.29, 0.717) is 12.3 Å². The van der Waals surface area contributed by atoms with E-state index in [9.17, 15) is 9.18 Å². The number of benzene rings is 2. The summed E-state index contributed by atoms with van der Waals surface area (Å²) in [6, 6.07) is 10.6. The van der Waals surface area contributed by atoms with E-state index in [-0.39, 0.29) is 11.7 Å². The van der Waals surface area contributed by atoms with Crippen LogP contribution in [0.4, 0.5) is 4.39 Å². The van der Waals surface area contributed by atoms with Crippen molar-refractivity contribution in [1.82, 2.24) is 14.5 Å². The van der Waals surface area contributed by atoms with Gasteiger partial charge in [0.05, 0.1) is 23.8 Å². The summed E-state index contributed by atoms with van der Waals surface area (Å²) in [5.74, 6) is 0.410. The normalized spacial score (nSPS) is 15.3. The second-order valence-electron chi connectivity index (χ2n) is 7.95. The van der Waals surface area contributed by atoms with E-state index in [2.05, 4.69) is 35.5 Å². The van der Waals surface area contributed by atoms with E-state index in [1.165, 1.54) is 28.8 Å². The number of rotatable bonds is 4. The molecule has 3 aromatic rings. The first-order valence-corrected chi connectivity index (χ1v) is 9.94. The lowest BCUT2D eigenvalue weighted by atomic mass is 9.96. The molecule has 4 nitrogen and oxygen atoms in total. The number of imidazole rings is 1. The van der Waals surface area contributed by atoms with Gasteiger partial charge in [-0.3, -0.25) is 4.79 Å². The van der Waals surface area contributed by atoms with Crippen LogP contribution in [0.2, 0.25) is 0 Å². The van der Waals surface area contributed by atoms with Crippen LogP contribution in [-0.4, -0.2) is 33.4 Å². The number of piperidine rings is 1. The van der Waals surface area contributed by atoms with Gasteiger partial charge in [-0.2, -0.15) is 0 Å². The van der Waals surface area contributed by atoms with Gasteiger partial charge in [0.2, 0.25) is 5.91 Å². The van der Waals surface area contributed by atoms with Crippen LogP contribution in [-0.2, 0) is 17.8 Å². The van der Waals surface area contributed by atoms with E-state index >= 15 is 0 Å². The Kier molecular flexibility index (Phi) is 5.16. The van der Waals surface area contributed by atoms with Gasteiger partial charge in [-0.1, -0.05) is 12.1 Å². The molecule has 1 aliphatic rings. The summed E-state index contributed by atoms with van der Waals surface area (Å²) in [5.41, 5.74) is 5.66. The van der Waals surface area contributed by atoms with E-state index in [1.807, 2.05) is 11.2 Å². The Hall–Kier alpha value is -2.69. The number of amides is 1. The molecule has 1 saturated heterocycles. The largest absolute Gasteiger partial charge is 0.342 e. The molecule has 0 bridgehead atoms. The van der Waals surface area contributed by atoms with Gasteiger partial charge >= 0.3 is 0 Å². The summed E-state index contributed by atoms with van der Waals surface area (Å²) in [7, 11) is 0. The second kappa shape index (κ2) is 7.74. The molecular formula is C23H26FN3O. The topological polar surface area (TPSA) is 38.1 Å². The third-order valence-electron chi connectivity index (χ3n) is 5.93. The van der Waals surface area contributed by atoms with Crippen LogP contribution in [0, 0.1) is 25.6 Å². The monoisotopic (exact) mass is 379 g/mol. The summed E-state index contributed by atoms with van der Waals surface area (Å²) in [6.07, 6.45) is 4.28. The van der Waals surface area contributed by atoms with Crippen molar-refractivity contribution >= 4 is 16.9 Å². The maximum Gasteiger partial charge on any atom is 0.226 e. The zero-order chi connectivity index (χ0) is 19.7. The molecule has 5 heteroatoms. The Balaban J connectivity index is 1.35. The molecule has 0 saturated carbocycles. The fraction of sp³-hybridized carbons (Fsp3) is 0.391. The van der Waals surface area contributed by atoms with Crippen molar-refractivity contribution < 1.29 is 9.18 Å². The molecule has 1 fully saturated rings. The fourth-order valence-electron chi connectivity index (χ4n) is 3.99. The van der Waals surface area contributed by atoms with Gasteiger partial charge in [0.15, 0.2) is 0 Å². The highest BCUT2D eigenvalue weighted by Crippen LogP contribution is 2.24. The smallest absolute Gasteiger partial charge is 0.226 e. The summed E-state index contributed by atoms with van der Waals surface area (Å²) in [5, 5.41) is 0. The Morgan fingerprint density at radius 1 is 1.11 bits per heavy atom. The number of hydrogen-bond donors (Lipinski definition) is 0. The minimum atomic E-state index is -0.269. The van der Waals surface area contributed by atoms with Crippen LogP contribution in [0.3, 0.4) is 0 Å². The maximum absolute atomic E-state index is 13.0. The molecule has 0 radical (unpaired) electrons. The molecule has 1 aliphatic heterocycles. The first-order chi connectivity index (χ1) is 13.5. The summed E-state index contributed by atoms with van der Waals surface area (Å²) in [6.45, 7) is 6.77. The van der Waals surface area contributed by atoms with Crippen LogP contribution < -0.4 is 0 Å². The molecule has 0 atom stereocenters. The number of nitrogens with zero attached hydrogens (tertiary/aromatic N) is 3. The minimum absolute atomic E-state index is 0.129. The number of likely N-dealkylation sites (tertiary alicyclic amines) is 1. The predicted molar refractivity (Wildman–Crippen MR) is 109 cm³/mol. The third-order valence-corrected chi connectivity index (χ3v) is 5.93. The Labute approximate surface area is 165 Å². The standard InChI is InChI=1S/C23H26FN3O/c1-16-11-21-22(12-17(16)2)27(15-25-21)14-19-7-9-26(10-8-19)23(28)13-18-3-5-20(24)6-4-18/h3-6,11-12,15,19H,7-10,13-14H2,1-2H3. The average Bonchev–Trinajstić information content (AvgIpc) is 3.06. The molecule has 0 spiro atoms. The van der Waals surface area contributed by atoms with Crippen LogP contribution >= 0.6 is 0 Å². The number of halogens is 1. The van der Waals surface area contributed by atoms with E-state index < -0.39 is 0 Å². The molecule has 4 rings (SSSR count). The zero-order valence-corrected chi connectivity index (χ0v) is 16.5. The zero-order valence-electron chi connectivity index (χ0n) is 16.5. The van der Waals surface area contributed by atoms with Crippen LogP contribution in [0.15, 0.2) is 42.7 Å². The van der Waals surface area contributed by atoms with Gasteiger partial charge in [-0.15, -0.1) is 0 Å². The van der Waals surface area contributed by atoms with Gasteiger partial charge in [0.1, 0.15) is 5.82 Å². The molecule has 1 aromatic heterocycles. The molecule has 1 amide bonds. The molecule has 2 aromatic carbocycles. The maximum atomic E-state index is 13.0. The van der Waals surface area contributed by atoms with Gasteiger partial charge in [0, 0.05) is 19.6 Å². The predicted octanol–water partition coefficient (Wildman–Crippen LogP) is 4.27. The minimum Gasteiger partial charge on any atom is -0.342 e. The first kappa shape index (κ1) is 18.7. The number of aromatic nitrogens is 2. The fourth-order valence-corrected chi connectivity index (χ4v) is 3.99. The van der Waals surface area contributed by atoms with Crippen molar-refractivity contribution in [2.24, 2.45) is 5.92 Å². The Morgan fingerprint density at radius 2 is 1.79 bits per heavy atom. The highest BCUT2D eigenvalue weighted by molar-refractivity contribution is 5.79. The quantitative estimate of drug-likeness (QED) is 0.679. The molecule has 146 valence electrons. The van der Waals surface area contributed by atoms with E-state index in [0.717, 1.165) is 43.6 Å². The molecular weight excluding hydrogens is 353 g/mol. The SMILES string of the molecule is Cc1cc2ncn(CC3CCN(C(=O)Cc4ccc(F)cc4)CC3)c2cc1C. The molecule has 0 unspecified atom stereocenters. The Bertz CT molecular complexity index is 985. The van der Waals surface area contributed by atoms with E-state index in [4.69, 9.17) is 0 Å². The number of fused-ring (bicyclic) bond motifs is 1. The van der Waals surface area contributed by atoms with Crippen molar-refractivity contribution in [3.63, 3.8) is 0 Å². The van der Waals surface area contributed by atoms with E-state index in [1.54, 1.807) is 12.1 Å². The summed E-state index contributed by atoms with van der Waals surface area (Å²) >= 11 is 0. The molecule has 0 N–H and O–H groups in total. The van der Waals surface area contributed by atoms with Crippen molar-refractivity contribution in [1.29, 1.82) is 0 Å². The highest BCUT2D eigenvalue weighted by atomic mass is 19.1. The van der Waals surface area contributed by atoms with Crippen LogP contribution in [0.25, 0.3) is 11.0 Å². The lowest BCUT2D eigenvalue weighted by molar-refractivity contribution is -0.131. The first-order valence-electron chi connectivity index (χ1n) is 9.94. The molecule has 2 heterocycles. The Morgan fingerprint density at radius 3 is 2.50 bits per heavy atom. The summed E-state index contributed by atoms with van der Waals surface area (Å²) < 4.78 is 15.3.